The predicted molar refractivity (Wildman–Crippen MR) is 92.1 cm³/mol. The van der Waals surface area contributed by atoms with E-state index in [0.717, 1.165) is 0 Å². The lowest BCUT2D eigenvalue weighted by Crippen LogP contribution is -2.37. The highest BCUT2D eigenvalue weighted by Crippen LogP contribution is 2.23. The van der Waals surface area contributed by atoms with Gasteiger partial charge in [-0.05, 0) is 55.0 Å². The van der Waals surface area contributed by atoms with Gasteiger partial charge in [0.1, 0.15) is 17.3 Å². The first-order chi connectivity index (χ1) is 11.8. The first-order valence-corrected chi connectivity index (χ1v) is 9.67. The lowest BCUT2D eigenvalue weighted by atomic mass is 10.1. The summed E-state index contributed by atoms with van der Waals surface area (Å²) in [4.78, 5) is 14.0. The Labute approximate surface area is 145 Å². The Kier molecular flexibility index (Phi) is 4.76. The van der Waals surface area contributed by atoms with Crippen LogP contribution in [0.2, 0.25) is 0 Å². The number of ether oxygens (including phenoxy) is 1. The van der Waals surface area contributed by atoms with Gasteiger partial charge in [0, 0.05) is 18.7 Å². The van der Waals surface area contributed by atoms with Gasteiger partial charge in [-0.15, -0.1) is 0 Å². The van der Waals surface area contributed by atoms with Crippen molar-refractivity contribution in [3.05, 3.63) is 59.9 Å². The largest absolute Gasteiger partial charge is 0.457 e. The molecule has 0 radical (unpaired) electrons. The molecule has 2 aromatic rings. The highest BCUT2D eigenvalue weighted by molar-refractivity contribution is 7.91. The number of hydrogen-bond acceptors (Lipinski definition) is 4. The maximum Gasteiger partial charge on any atom is 0.253 e. The Balaban J connectivity index is 1.67. The molecule has 1 unspecified atom stereocenters. The van der Waals surface area contributed by atoms with Crippen LogP contribution in [-0.2, 0) is 9.84 Å². The zero-order valence-corrected chi connectivity index (χ0v) is 14.5. The van der Waals surface area contributed by atoms with Crippen molar-refractivity contribution in [2.75, 3.05) is 18.6 Å². The van der Waals surface area contributed by atoms with Gasteiger partial charge < -0.3 is 9.64 Å². The van der Waals surface area contributed by atoms with Crippen LogP contribution in [-0.4, -0.2) is 43.8 Å². The van der Waals surface area contributed by atoms with Gasteiger partial charge in [-0.3, -0.25) is 4.79 Å². The number of amides is 1. The monoisotopic (exact) mass is 363 g/mol. The zero-order valence-electron chi connectivity index (χ0n) is 13.7. The van der Waals surface area contributed by atoms with E-state index in [1.54, 1.807) is 31.3 Å². The fourth-order valence-electron chi connectivity index (χ4n) is 2.75. The molecule has 0 N–H and O–H groups in total. The molecular formula is C18H18FNO4S. The van der Waals surface area contributed by atoms with Crippen LogP contribution in [0.3, 0.4) is 0 Å². The molecular weight excluding hydrogens is 345 g/mol. The summed E-state index contributed by atoms with van der Waals surface area (Å²) in [6, 6.07) is 11.9. The number of benzene rings is 2. The second kappa shape index (κ2) is 6.84. The molecule has 1 saturated heterocycles. The average molecular weight is 363 g/mol. The van der Waals surface area contributed by atoms with E-state index >= 15 is 0 Å². The van der Waals surface area contributed by atoms with Crippen LogP contribution in [0.5, 0.6) is 11.5 Å². The number of hydrogen-bond donors (Lipinski definition) is 0. The highest BCUT2D eigenvalue weighted by Gasteiger charge is 2.32. The third kappa shape index (κ3) is 4.17. The molecule has 0 aliphatic carbocycles. The molecule has 1 atom stereocenters. The molecule has 1 heterocycles. The number of rotatable bonds is 4. The number of carbonyl (C=O) groups excluding carboxylic acids is 1. The van der Waals surface area contributed by atoms with Crippen LogP contribution in [0.25, 0.3) is 0 Å². The quantitative estimate of drug-likeness (QED) is 0.838. The molecule has 1 fully saturated rings. The summed E-state index contributed by atoms with van der Waals surface area (Å²) in [6.45, 7) is 0. The summed E-state index contributed by atoms with van der Waals surface area (Å²) in [5.74, 6) is 0.587. The molecule has 1 aliphatic rings. The van der Waals surface area contributed by atoms with Gasteiger partial charge in [0.2, 0.25) is 0 Å². The number of carbonyl (C=O) groups is 1. The SMILES string of the molecule is CN(C(=O)c1ccc(Oc2ccc(F)cc2)cc1)C1CCS(=O)(=O)C1. The van der Waals surface area contributed by atoms with Crippen LogP contribution in [0.15, 0.2) is 48.5 Å². The van der Waals surface area contributed by atoms with Crippen molar-refractivity contribution in [2.24, 2.45) is 0 Å². The first-order valence-electron chi connectivity index (χ1n) is 7.85. The van der Waals surface area contributed by atoms with E-state index in [4.69, 9.17) is 4.74 Å². The standard InChI is InChI=1S/C18H18FNO4S/c1-20(15-10-11-25(22,23)12-15)18(21)13-2-6-16(7-3-13)24-17-8-4-14(19)5-9-17/h2-9,15H,10-12H2,1H3. The molecule has 132 valence electrons. The Morgan fingerprint density at radius 3 is 2.16 bits per heavy atom. The molecule has 0 saturated carbocycles. The Morgan fingerprint density at radius 2 is 1.64 bits per heavy atom. The highest BCUT2D eigenvalue weighted by atomic mass is 32.2. The molecule has 2 aromatic carbocycles. The van der Waals surface area contributed by atoms with Gasteiger partial charge in [0.05, 0.1) is 11.5 Å². The molecule has 7 heteroatoms. The summed E-state index contributed by atoms with van der Waals surface area (Å²) in [6.07, 6.45) is 0.469. The van der Waals surface area contributed by atoms with Gasteiger partial charge in [0.15, 0.2) is 9.84 Å². The number of nitrogens with zero attached hydrogens (tertiary/aromatic N) is 1. The van der Waals surface area contributed by atoms with Gasteiger partial charge in [0.25, 0.3) is 5.91 Å². The summed E-state index contributed by atoms with van der Waals surface area (Å²) in [5.41, 5.74) is 0.457. The van der Waals surface area contributed by atoms with Crippen LogP contribution in [0.4, 0.5) is 4.39 Å². The molecule has 1 amide bonds. The predicted octanol–water partition coefficient (Wildman–Crippen LogP) is 2.88. The molecule has 1 aliphatic heterocycles. The van der Waals surface area contributed by atoms with Gasteiger partial charge in [-0.1, -0.05) is 0 Å². The molecule has 0 bridgehead atoms. The summed E-state index contributed by atoms with van der Waals surface area (Å²) >= 11 is 0. The number of sulfone groups is 1. The molecule has 0 aromatic heterocycles. The maximum atomic E-state index is 12.9. The summed E-state index contributed by atoms with van der Waals surface area (Å²) in [5, 5.41) is 0. The van der Waals surface area contributed by atoms with E-state index in [2.05, 4.69) is 0 Å². The first kappa shape index (κ1) is 17.4. The van der Waals surface area contributed by atoms with Crippen molar-refractivity contribution < 1.29 is 22.3 Å². The molecule has 3 rings (SSSR count). The van der Waals surface area contributed by atoms with Crippen LogP contribution in [0, 0.1) is 5.82 Å². The minimum atomic E-state index is -3.04. The zero-order chi connectivity index (χ0) is 18.0. The maximum absolute atomic E-state index is 12.9. The van der Waals surface area contributed by atoms with E-state index < -0.39 is 9.84 Å². The van der Waals surface area contributed by atoms with Crippen molar-refractivity contribution in [1.82, 2.24) is 4.90 Å². The second-order valence-corrected chi connectivity index (χ2v) is 8.28. The fraction of sp³-hybridized carbons (Fsp3) is 0.278. The average Bonchev–Trinajstić information content (AvgIpc) is 2.96. The van der Waals surface area contributed by atoms with Crippen LogP contribution < -0.4 is 4.74 Å². The van der Waals surface area contributed by atoms with Crippen molar-refractivity contribution in [2.45, 2.75) is 12.5 Å². The second-order valence-electron chi connectivity index (χ2n) is 6.05. The fourth-order valence-corrected chi connectivity index (χ4v) is 4.53. The van der Waals surface area contributed by atoms with E-state index in [1.165, 1.54) is 29.2 Å². The van der Waals surface area contributed by atoms with E-state index in [0.29, 0.717) is 23.5 Å². The Morgan fingerprint density at radius 1 is 1.08 bits per heavy atom. The van der Waals surface area contributed by atoms with Crippen molar-refractivity contribution >= 4 is 15.7 Å². The Bertz CT molecular complexity index is 863. The molecule has 25 heavy (non-hydrogen) atoms. The van der Waals surface area contributed by atoms with Gasteiger partial charge in [-0.2, -0.15) is 0 Å². The van der Waals surface area contributed by atoms with Gasteiger partial charge >= 0.3 is 0 Å². The van der Waals surface area contributed by atoms with Crippen molar-refractivity contribution in [3.8, 4) is 11.5 Å². The smallest absolute Gasteiger partial charge is 0.253 e. The minimum absolute atomic E-state index is 0.0149. The van der Waals surface area contributed by atoms with E-state index in [9.17, 15) is 17.6 Å². The topological polar surface area (TPSA) is 63.7 Å². The lowest BCUT2D eigenvalue weighted by molar-refractivity contribution is 0.0747. The van der Waals surface area contributed by atoms with E-state index in [-0.39, 0.29) is 29.3 Å². The van der Waals surface area contributed by atoms with Crippen LogP contribution >= 0.6 is 0 Å². The van der Waals surface area contributed by atoms with Gasteiger partial charge in [-0.25, -0.2) is 12.8 Å². The van der Waals surface area contributed by atoms with E-state index in [1.807, 2.05) is 0 Å². The third-order valence-corrected chi connectivity index (χ3v) is 5.98. The third-order valence-electron chi connectivity index (χ3n) is 4.23. The van der Waals surface area contributed by atoms with Crippen molar-refractivity contribution in [1.29, 1.82) is 0 Å². The lowest BCUT2D eigenvalue weighted by Gasteiger charge is -2.23. The normalized spacial score (nSPS) is 18.7. The minimum Gasteiger partial charge on any atom is -0.457 e. The summed E-state index contributed by atoms with van der Waals surface area (Å²) < 4.78 is 41.6. The van der Waals surface area contributed by atoms with Crippen molar-refractivity contribution in [3.63, 3.8) is 0 Å². The summed E-state index contributed by atoms with van der Waals surface area (Å²) in [7, 11) is -1.42. The Hall–Kier alpha value is -2.41. The molecule has 0 spiro atoms. The van der Waals surface area contributed by atoms with Crippen LogP contribution in [0.1, 0.15) is 16.8 Å². The number of halogens is 1. The molecule has 5 nitrogen and oxygen atoms in total.